The molecule has 0 amide bonds. The molecular weight excluding hydrogens is 252 g/mol. The zero-order valence-corrected chi connectivity index (χ0v) is 11.6. The van der Waals surface area contributed by atoms with E-state index in [0.717, 1.165) is 6.07 Å². The molecule has 1 rings (SSSR count). The molecule has 1 aromatic carbocycles. The molecular formula is C14H19F2NO2. The minimum Gasteiger partial charge on any atom is -0.480 e. The van der Waals surface area contributed by atoms with Gasteiger partial charge in [-0.2, -0.15) is 0 Å². The number of hydrogen-bond donors (Lipinski definition) is 1. The van der Waals surface area contributed by atoms with Gasteiger partial charge in [-0.15, -0.1) is 0 Å². The molecule has 0 aromatic heterocycles. The lowest BCUT2D eigenvalue weighted by Crippen LogP contribution is -2.46. The van der Waals surface area contributed by atoms with Gasteiger partial charge in [0.05, 0.1) is 6.54 Å². The van der Waals surface area contributed by atoms with E-state index in [9.17, 15) is 13.6 Å². The van der Waals surface area contributed by atoms with Crippen LogP contribution < -0.4 is 0 Å². The molecule has 0 aliphatic heterocycles. The van der Waals surface area contributed by atoms with Crippen LogP contribution in [-0.4, -0.2) is 28.1 Å². The molecule has 19 heavy (non-hydrogen) atoms. The van der Waals surface area contributed by atoms with Crippen LogP contribution in [0.1, 0.15) is 39.3 Å². The summed E-state index contributed by atoms with van der Waals surface area (Å²) in [6.45, 7) is 6.95. The Labute approximate surface area is 111 Å². The highest BCUT2D eigenvalue weighted by Gasteiger charge is 2.30. The van der Waals surface area contributed by atoms with E-state index in [-0.39, 0.29) is 12.1 Å². The number of halogens is 2. The molecule has 5 heteroatoms. The van der Waals surface area contributed by atoms with Gasteiger partial charge in [-0.1, -0.05) is 12.1 Å². The van der Waals surface area contributed by atoms with Gasteiger partial charge in [0.25, 0.3) is 0 Å². The second-order valence-corrected chi connectivity index (χ2v) is 5.51. The summed E-state index contributed by atoms with van der Waals surface area (Å²) < 4.78 is 27.0. The van der Waals surface area contributed by atoms with Crippen molar-refractivity contribution in [2.45, 2.75) is 39.3 Å². The molecule has 0 bridgehead atoms. The lowest BCUT2D eigenvalue weighted by molar-refractivity contribution is -0.140. The van der Waals surface area contributed by atoms with Gasteiger partial charge in [-0.25, -0.2) is 8.78 Å². The fraction of sp³-hybridized carbons (Fsp3) is 0.500. The van der Waals surface area contributed by atoms with Crippen LogP contribution in [-0.2, 0) is 4.79 Å². The lowest BCUT2D eigenvalue weighted by atomic mass is 9.98. The molecule has 0 heterocycles. The van der Waals surface area contributed by atoms with Gasteiger partial charge < -0.3 is 5.11 Å². The largest absolute Gasteiger partial charge is 0.480 e. The maximum Gasteiger partial charge on any atom is 0.317 e. The molecule has 0 aliphatic carbocycles. The average molecular weight is 271 g/mol. The summed E-state index contributed by atoms with van der Waals surface area (Å²) in [5.74, 6) is -2.85. The number of carboxylic acid groups (broad SMARTS) is 1. The van der Waals surface area contributed by atoms with Crippen molar-refractivity contribution in [3.05, 3.63) is 35.4 Å². The van der Waals surface area contributed by atoms with Gasteiger partial charge in [0, 0.05) is 17.1 Å². The van der Waals surface area contributed by atoms with Crippen LogP contribution >= 0.6 is 0 Å². The van der Waals surface area contributed by atoms with Crippen LogP contribution in [0.4, 0.5) is 8.78 Å². The van der Waals surface area contributed by atoms with Crippen LogP contribution in [0.25, 0.3) is 0 Å². The number of nitrogens with zero attached hydrogens (tertiary/aromatic N) is 1. The number of aliphatic carboxylic acids is 1. The monoisotopic (exact) mass is 271 g/mol. The fourth-order valence-corrected chi connectivity index (χ4v) is 2.11. The highest BCUT2D eigenvalue weighted by molar-refractivity contribution is 5.69. The predicted octanol–water partition coefficient (Wildman–Crippen LogP) is 3.21. The first-order valence-electron chi connectivity index (χ1n) is 6.07. The second kappa shape index (κ2) is 5.65. The fourth-order valence-electron chi connectivity index (χ4n) is 2.11. The Morgan fingerprint density at radius 1 is 1.37 bits per heavy atom. The number of hydrogen-bond acceptors (Lipinski definition) is 2. The first-order valence-corrected chi connectivity index (χ1v) is 6.07. The quantitative estimate of drug-likeness (QED) is 0.914. The van der Waals surface area contributed by atoms with Crippen molar-refractivity contribution in [3.63, 3.8) is 0 Å². The normalized spacial score (nSPS) is 13.6. The Kier molecular flexibility index (Phi) is 4.63. The van der Waals surface area contributed by atoms with E-state index in [2.05, 4.69) is 0 Å². The van der Waals surface area contributed by atoms with E-state index >= 15 is 0 Å². The van der Waals surface area contributed by atoms with Gasteiger partial charge in [0.2, 0.25) is 0 Å². The standard InChI is InChI=1S/C14H19F2NO2/c1-9(10-6-5-7-11(15)13(10)16)17(8-12(18)19)14(2,3)4/h5-7,9H,8H2,1-4H3,(H,18,19). The van der Waals surface area contributed by atoms with Crippen molar-refractivity contribution in [2.24, 2.45) is 0 Å². The van der Waals surface area contributed by atoms with Crippen molar-refractivity contribution >= 4 is 5.97 Å². The van der Waals surface area contributed by atoms with Crippen LogP contribution in [0.5, 0.6) is 0 Å². The minimum absolute atomic E-state index is 0.163. The van der Waals surface area contributed by atoms with Gasteiger partial charge in [0.1, 0.15) is 0 Å². The van der Waals surface area contributed by atoms with Gasteiger partial charge in [-0.05, 0) is 33.8 Å². The Morgan fingerprint density at radius 3 is 2.42 bits per heavy atom. The summed E-state index contributed by atoms with van der Waals surface area (Å²) in [6, 6.07) is 3.41. The maximum absolute atomic E-state index is 13.8. The molecule has 1 atom stereocenters. The summed E-state index contributed by atoms with van der Waals surface area (Å²) in [5, 5.41) is 8.96. The van der Waals surface area contributed by atoms with E-state index in [0.29, 0.717) is 0 Å². The van der Waals surface area contributed by atoms with Crippen molar-refractivity contribution in [1.29, 1.82) is 0 Å². The molecule has 1 aromatic rings. The van der Waals surface area contributed by atoms with Crippen LogP contribution in [0.2, 0.25) is 0 Å². The SMILES string of the molecule is CC(c1cccc(F)c1F)N(CC(=O)O)C(C)(C)C. The van der Waals surface area contributed by atoms with Crippen LogP contribution in [0.15, 0.2) is 18.2 Å². The van der Waals surface area contributed by atoms with E-state index in [1.165, 1.54) is 12.1 Å². The summed E-state index contributed by atoms with van der Waals surface area (Å²) in [5.41, 5.74) is -0.313. The number of rotatable bonds is 4. The lowest BCUT2D eigenvalue weighted by Gasteiger charge is -2.39. The summed E-state index contributed by atoms with van der Waals surface area (Å²) in [6.07, 6.45) is 0. The third kappa shape index (κ3) is 3.73. The molecule has 0 saturated heterocycles. The molecule has 1 unspecified atom stereocenters. The van der Waals surface area contributed by atoms with Gasteiger partial charge in [0.15, 0.2) is 11.6 Å². The van der Waals surface area contributed by atoms with E-state index in [1.54, 1.807) is 11.8 Å². The maximum atomic E-state index is 13.8. The Bertz CT molecular complexity index is 469. The highest BCUT2D eigenvalue weighted by atomic mass is 19.2. The number of carboxylic acids is 1. The van der Waals surface area contributed by atoms with Gasteiger partial charge in [-0.3, -0.25) is 9.69 Å². The summed E-state index contributed by atoms with van der Waals surface area (Å²) in [7, 11) is 0. The summed E-state index contributed by atoms with van der Waals surface area (Å²) in [4.78, 5) is 12.6. The summed E-state index contributed by atoms with van der Waals surface area (Å²) >= 11 is 0. The molecule has 3 nitrogen and oxygen atoms in total. The van der Waals surface area contributed by atoms with Crippen molar-refractivity contribution in [1.82, 2.24) is 4.90 Å². The molecule has 0 fully saturated rings. The van der Waals surface area contributed by atoms with E-state index < -0.39 is 29.2 Å². The predicted molar refractivity (Wildman–Crippen MR) is 68.9 cm³/mol. The zero-order valence-electron chi connectivity index (χ0n) is 11.6. The molecule has 0 aliphatic rings. The van der Waals surface area contributed by atoms with Crippen molar-refractivity contribution < 1.29 is 18.7 Å². The smallest absolute Gasteiger partial charge is 0.317 e. The zero-order chi connectivity index (χ0) is 14.8. The molecule has 106 valence electrons. The third-order valence-corrected chi connectivity index (χ3v) is 3.07. The number of benzene rings is 1. The molecule has 0 saturated carbocycles. The average Bonchev–Trinajstić information content (AvgIpc) is 2.27. The first-order chi connectivity index (χ1) is 8.64. The molecule has 0 spiro atoms. The highest BCUT2D eigenvalue weighted by Crippen LogP contribution is 2.29. The third-order valence-electron chi connectivity index (χ3n) is 3.07. The van der Waals surface area contributed by atoms with Gasteiger partial charge >= 0.3 is 5.97 Å². The number of carbonyl (C=O) groups is 1. The van der Waals surface area contributed by atoms with E-state index in [4.69, 9.17) is 5.11 Å². The first kappa shape index (κ1) is 15.6. The topological polar surface area (TPSA) is 40.5 Å². The second-order valence-electron chi connectivity index (χ2n) is 5.51. The van der Waals surface area contributed by atoms with Crippen molar-refractivity contribution in [2.75, 3.05) is 6.54 Å². The Hall–Kier alpha value is -1.49. The molecule has 1 N–H and O–H groups in total. The minimum atomic E-state index is -1.00. The Morgan fingerprint density at radius 2 is 1.95 bits per heavy atom. The van der Waals surface area contributed by atoms with E-state index in [1.807, 2.05) is 20.8 Å². The van der Waals surface area contributed by atoms with Crippen LogP contribution in [0, 0.1) is 11.6 Å². The Balaban J connectivity index is 3.16. The molecule has 0 radical (unpaired) electrons. The van der Waals surface area contributed by atoms with Crippen LogP contribution in [0.3, 0.4) is 0 Å². The van der Waals surface area contributed by atoms with Crippen molar-refractivity contribution in [3.8, 4) is 0 Å².